The first-order valence-corrected chi connectivity index (χ1v) is 10.2. The van der Waals surface area contributed by atoms with Crippen molar-refractivity contribution in [3.63, 3.8) is 0 Å². The van der Waals surface area contributed by atoms with Crippen molar-refractivity contribution in [3.05, 3.63) is 52.6 Å². The molecule has 146 valence electrons. The molecule has 1 amide bonds. The molecule has 6 nitrogen and oxygen atoms in total. The number of benzene rings is 1. The van der Waals surface area contributed by atoms with Gasteiger partial charge in [-0.1, -0.05) is 23.7 Å². The summed E-state index contributed by atoms with van der Waals surface area (Å²) in [7, 11) is 0. The molecule has 0 saturated heterocycles. The zero-order valence-electron chi connectivity index (χ0n) is 15.4. The van der Waals surface area contributed by atoms with E-state index in [0.717, 1.165) is 23.4 Å². The quantitative estimate of drug-likeness (QED) is 0.427. The van der Waals surface area contributed by atoms with Gasteiger partial charge in [-0.25, -0.2) is 9.97 Å². The number of aromatic nitrogens is 2. The number of aryl methyl sites for hydroxylation is 1. The number of fused-ring (bicyclic) bond motifs is 1. The number of unbranched alkanes of at least 4 members (excludes halogenated alkanes) is 1. The molecule has 0 unspecified atom stereocenters. The van der Waals surface area contributed by atoms with Crippen LogP contribution in [0.4, 0.5) is 5.82 Å². The van der Waals surface area contributed by atoms with Gasteiger partial charge in [0, 0.05) is 12.6 Å². The molecule has 28 heavy (non-hydrogen) atoms. The van der Waals surface area contributed by atoms with Crippen LogP contribution in [0.1, 0.15) is 31.2 Å². The van der Waals surface area contributed by atoms with Crippen LogP contribution in [0.3, 0.4) is 0 Å². The third-order valence-corrected chi connectivity index (χ3v) is 5.34. The molecular weight excluding hydrogens is 398 g/mol. The van der Waals surface area contributed by atoms with Crippen molar-refractivity contribution in [1.29, 1.82) is 0 Å². The number of esters is 1. The summed E-state index contributed by atoms with van der Waals surface area (Å²) < 4.78 is 6.36. The fraction of sp³-hybridized carbons (Fsp3) is 0.300. The van der Waals surface area contributed by atoms with E-state index < -0.39 is 18.0 Å². The maximum atomic E-state index is 12.1. The molecule has 0 saturated carbocycles. The summed E-state index contributed by atoms with van der Waals surface area (Å²) in [6, 6.07) is 11.2. The van der Waals surface area contributed by atoms with E-state index in [4.69, 9.17) is 16.3 Å². The van der Waals surface area contributed by atoms with E-state index >= 15 is 0 Å². The SMILES string of the molecule is C[C@H](OC(=O)CCCCc1nc2ccccc2s1)C(=O)Nc1ccc(Cl)cn1. The lowest BCUT2D eigenvalue weighted by Gasteiger charge is -2.13. The van der Waals surface area contributed by atoms with Gasteiger partial charge in [0.1, 0.15) is 5.82 Å². The average molecular weight is 418 g/mol. The van der Waals surface area contributed by atoms with Crippen LogP contribution in [-0.2, 0) is 20.7 Å². The number of nitrogens with zero attached hydrogens (tertiary/aromatic N) is 2. The van der Waals surface area contributed by atoms with Crippen LogP contribution in [0.25, 0.3) is 10.2 Å². The van der Waals surface area contributed by atoms with Crippen LogP contribution in [0.5, 0.6) is 0 Å². The average Bonchev–Trinajstić information content (AvgIpc) is 3.10. The number of nitrogens with one attached hydrogen (secondary N) is 1. The van der Waals surface area contributed by atoms with E-state index in [0.29, 0.717) is 17.3 Å². The van der Waals surface area contributed by atoms with Gasteiger partial charge >= 0.3 is 5.97 Å². The largest absolute Gasteiger partial charge is 0.453 e. The van der Waals surface area contributed by atoms with Gasteiger partial charge in [0.2, 0.25) is 0 Å². The molecule has 3 rings (SSSR count). The molecule has 3 aromatic rings. The standard InChI is InChI=1S/C20H20ClN3O3S/c1-13(20(26)24-17-11-10-14(21)12-22-17)27-19(25)9-5-4-8-18-23-15-6-2-3-7-16(15)28-18/h2-3,6-7,10-13H,4-5,8-9H2,1H3,(H,22,24,26)/t13-/m0/s1. The summed E-state index contributed by atoms with van der Waals surface area (Å²) in [5.74, 6) is -0.471. The molecule has 0 aliphatic heterocycles. The van der Waals surface area contributed by atoms with E-state index in [2.05, 4.69) is 21.4 Å². The molecule has 0 radical (unpaired) electrons. The second kappa shape index (κ2) is 9.61. The van der Waals surface area contributed by atoms with Crippen molar-refractivity contribution < 1.29 is 14.3 Å². The van der Waals surface area contributed by atoms with E-state index in [9.17, 15) is 9.59 Å². The number of carbonyl (C=O) groups is 2. The van der Waals surface area contributed by atoms with Crippen molar-refractivity contribution in [2.45, 2.75) is 38.7 Å². The number of para-hydroxylation sites is 1. The third kappa shape index (κ3) is 5.74. The Morgan fingerprint density at radius 1 is 1.21 bits per heavy atom. The highest BCUT2D eigenvalue weighted by molar-refractivity contribution is 7.18. The lowest BCUT2D eigenvalue weighted by molar-refractivity contribution is -0.153. The van der Waals surface area contributed by atoms with Gasteiger partial charge in [0.25, 0.3) is 5.91 Å². The Hall–Kier alpha value is -2.51. The van der Waals surface area contributed by atoms with Crippen LogP contribution in [-0.4, -0.2) is 27.9 Å². The summed E-state index contributed by atoms with van der Waals surface area (Å²) in [6.45, 7) is 1.53. The van der Waals surface area contributed by atoms with Gasteiger partial charge in [-0.3, -0.25) is 9.59 Å². The highest BCUT2D eigenvalue weighted by atomic mass is 35.5. The van der Waals surface area contributed by atoms with Crippen molar-refractivity contribution in [2.75, 3.05) is 5.32 Å². The molecule has 0 spiro atoms. The Kier molecular flexibility index (Phi) is 6.95. The predicted octanol–water partition coefficient (Wildman–Crippen LogP) is 4.63. The fourth-order valence-electron chi connectivity index (χ4n) is 2.56. The fourth-order valence-corrected chi connectivity index (χ4v) is 3.68. The minimum atomic E-state index is -0.894. The molecule has 1 aromatic carbocycles. The Labute approximate surface area is 171 Å². The molecule has 8 heteroatoms. The topological polar surface area (TPSA) is 81.2 Å². The van der Waals surface area contributed by atoms with Crippen LogP contribution < -0.4 is 5.32 Å². The molecule has 0 aliphatic rings. The number of hydrogen-bond donors (Lipinski definition) is 1. The normalized spacial score (nSPS) is 11.9. The molecule has 0 aliphatic carbocycles. The first kappa shape index (κ1) is 20.2. The van der Waals surface area contributed by atoms with Crippen molar-refractivity contribution in [3.8, 4) is 0 Å². The zero-order valence-corrected chi connectivity index (χ0v) is 16.9. The molecule has 2 heterocycles. The molecule has 1 N–H and O–H groups in total. The number of amides is 1. The van der Waals surface area contributed by atoms with Crippen LogP contribution in [0, 0.1) is 0 Å². The summed E-state index contributed by atoms with van der Waals surface area (Å²) in [5.41, 5.74) is 1.01. The van der Waals surface area contributed by atoms with E-state index in [1.54, 1.807) is 23.5 Å². The monoisotopic (exact) mass is 417 g/mol. The number of ether oxygens (including phenoxy) is 1. The van der Waals surface area contributed by atoms with E-state index in [-0.39, 0.29) is 6.42 Å². The molecule has 0 fully saturated rings. The number of hydrogen-bond acceptors (Lipinski definition) is 6. The zero-order chi connectivity index (χ0) is 19.9. The predicted molar refractivity (Wildman–Crippen MR) is 111 cm³/mol. The lowest BCUT2D eigenvalue weighted by atomic mass is 10.2. The lowest BCUT2D eigenvalue weighted by Crippen LogP contribution is -2.30. The Morgan fingerprint density at radius 3 is 2.79 bits per heavy atom. The van der Waals surface area contributed by atoms with E-state index in [1.165, 1.54) is 17.8 Å². The first-order chi connectivity index (χ1) is 13.5. The number of carbonyl (C=O) groups excluding carboxylic acids is 2. The first-order valence-electron chi connectivity index (χ1n) is 8.97. The van der Waals surface area contributed by atoms with Crippen molar-refractivity contribution in [2.24, 2.45) is 0 Å². The number of rotatable bonds is 8. The second-order valence-electron chi connectivity index (χ2n) is 6.27. The Balaban J connectivity index is 1.37. The smallest absolute Gasteiger partial charge is 0.306 e. The van der Waals surface area contributed by atoms with Gasteiger partial charge < -0.3 is 10.1 Å². The molecule has 1 atom stereocenters. The van der Waals surface area contributed by atoms with Gasteiger partial charge in [-0.2, -0.15) is 0 Å². The number of anilines is 1. The molecular formula is C20H20ClN3O3S. The van der Waals surface area contributed by atoms with Gasteiger partial charge in [-0.15, -0.1) is 11.3 Å². The highest BCUT2D eigenvalue weighted by Gasteiger charge is 2.18. The second-order valence-corrected chi connectivity index (χ2v) is 7.82. The number of pyridine rings is 1. The highest BCUT2D eigenvalue weighted by Crippen LogP contribution is 2.23. The summed E-state index contributed by atoms with van der Waals surface area (Å²) in [4.78, 5) is 32.6. The third-order valence-electron chi connectivity index (χ3n) is 4.02. The maximum Gasteiger partial charge on any atom is 0.306 e. The van der Waals surface area contributed by atoms with Crippen molar-refractivity contribution in [1.82, 2.24) is 9.97 Å². The van der Waals surface area contributed by atoms with E-state index in [1.807, 2.05) is 18.2 Å². The minimum Gasteiger partial charge on any atom is -0.453 e. The van der Waals surface area contributed by atoms with Crippen LogP contribution >= 0.6 is 22.9 Å². The van der Waals surface area contributed by atoms with Gasteiger partial charge in [0.05, 0.1) is 20.2 Å². The molecule has 0 bridgehead atoms. The van der Waals surface area contributed by atoms with Crippen LogP contribution in [0.2, 0.25) is 5.02 Å². The molecule has 2 aromatic heterocycles. The van der Waals surface area contributed by atoms with Gasteiger partial charge in [-0.05, 0) is 50.5 Å². The van der Waals surface area contributed by atoms with Crippen LogP contribution in [0.15, 0.2) is 42.6 Å². The Bertz CT molecular complexity index is 926. The summed E-state index contributed by atoms with van der Waals surface area (Å²) >= 11 is 7.43. The summed E-state index contributed by atoms with van der Waals surface area (Å²) in [5, 5.41) is 4.13. The van der Waals surface area contributed by atoms with Gasteiger partial charge in [0.15, 0.2) is 6.10 Å². The number of thiazole rings is 1. The maximum absolute atomic E-state index is 12.1. The minimum absolute atomic E-state index is 0.266. The van der Waals surface area contributed by atoms with Crippen molar-refractivity contribution >= 4 is 50.8 Å². The Morgan fingerprint density at radius 2 is 2.04 bits per heavy atom. The number of halogens is 1. The summed E-state index contributed by atoms with van der Waals surface area (Å²) in [6.07, 6.45) is 3.15.